The molecule has 0 unspecified atom stereocenters. The van der Waals surface area contributed by atoms with Gasteiger partial charge in [-0.3, -0.25) is 19.6 Å². The first kappa shape index (κ1) is 46.4. The van der Waals surface area contributed by atoms with Crippen LogP contribution in [0.3, 0.4) is 0 Å². The summed E-state index contributed by atoms with van der Waals surface area (Å²) in [7, 11) is 0. The van der Waals surface area contributed by atoms with Crippen LogP contribution in [0, 0.1) is 0 Å². The Morgan fingerprint density at radius 2 is 0.346 bits per heavy atom. The predicted octanol–water partition coefficient (Wildman–Crippen LogP) is 20.9. The number of nitrogens with zero attached hydrogens (tertiary/aromatic N) is 4. The van der Waals surface area contributed by atoms with E-state index in [-0.39, 0.29) is 0 Å². The van der Waals surface area contributed by atoms with Gasteiger partial charge in [0.2, 0.25) is 0 Å². The molecule has 0 radical (unpaired) electrons. The fourth-order valence-electron chi connectivity index (χ4n) is 13.3. The molecule has 16 rings (SSSR count). The number of rotatable bonds is 8. The molecule has 2 aliphatic rings. The third-order valence-corrected chi connectivity index (χ3v) is 16.7. The Bertz CT molecular complexity index is 4130. The van der Waals surface area contributed by atoms with E-state index in [0.29, 0.717) is 0 Å². The number of benzene rings is 14. The van der Waals surface area contributed by atoms with Crippen molar-refractivity contribution in [3.8, 4) is 44.5 Å². The van der Waals surface area contributed by atoms with E-state index >= 15 is 0 Å². The molecule has 4 heteroatoms. The molecule has 0 saturated carbocycles. The van der Waals surface area contributed by atoms with E-state index in [1.807, 2.05) is 0 Å². The molecule has 0 bridgehead atoms. The van der Waals surface area contributed by atoms with Crippen molar-refractivity contribution in [1.29, 1.82) is 0 Å². The Balaban J connectivity index is 1.16. The fourth-order valence-corrected chi connectivity index (χ4v) is 13.3. The standard InChI is InChI=1S/C77H52N4/c1-5-25-53(26-6-1)57-33-21-37-61(49-57)78-73-69-45-17-13-41-65(69)66-42-14-18-46-70(66)74(73)79(62-38-22-34-58(50-62)54-27-7-2-8-28-54)77(78)80(63-39-23-35-59(51-63)55-29-9-3-10-30-55)75-71-47-19-15-43-67(71)68-44-16-20-48-72(68)76(75)81(77)64-40-24-36-60(52-64)56-31-11-4-12-32-56/h1-52H. The van der Waals surface area contributed by atoms with Crippen LogP contribution in [-0.2, 0) is 0 Å². The normalized spacial score (nSPS) is 13.4. The van der Waals surface area contributed by atoms with Crippen LogP contribution in [0.15, 0.2) is 315 Å². The van der Waals surface area contributed by atoms with E-state index < -0.39 is 5.91 Å². The molecular formula is C77H52N4. The van der Waals surface area contributed by atoms with Crippen LogP contribution < -0.4 is 19.6 Å². The molecule has 0 aromatic heterocycles. The Kier molecular flexibility index (Phi) is 10.8. The third-order valence-electron chi connectivity index (χ3n) is 16.7. The van der Waals surface area contributed by atoms with Crippen molar-refractivity contribution in [2.45, 2.75) is 5.91 Å². The highest BCUT2D eigenvalue weighted by atomic mass is 15.8. The summed E-state index contributed by atoms with van der Waals surface area (Å²) in [6.07, 6.45) is 0. The Labute approximate surface area is 471 Å². The summed E-state index contributed by atoms with van der Waals surface area (Å²) in [4.78, 5) is 10.9. The van der Waals surface area contributed by atoms with Gasteiger partial charge in [0, 0.05) is 44.3 Å². The summed E-state index contributed by atoms with van der Waals surface area (Å²) >= 11 is 0. The fraction of sp³-hybridized carbons (Fsp3) is 0.0130. The topological polar surface area (TPSA) is 13.0 Å². The SMILES string of the molecule is c1ccc(-c2cccc(N3c4c(c5ccccc5c5ccccc45)N(c4cccc(-c5ccccc5)c4)C34N(c3cccc(-c5ccccc5)c3)c3c(c5ccccc5c5ccccc35)N4c3cccc(-c4ccccc4)c3)c2)cc1. The zero-order valence-electron chi connectivity index (χ0n) is 44.3. The maximum Gasteiger partial charge on any atom is 0.295 e. The van der Waals surface area contributed by atoms with Crippen LogP contribution in [-0.4, -0.2) is 5.91 Å². The second-order valence-corrected chi connectivity index (χ2v) is 21.2. The second-order valence-electron chi connectivity index (χ2n) is 21.2. The number of anilines is 8. The average molecular weight is 1030 g/mol. The van der Waals surface area contributed by atoms with Gasteiger partial charge in [0.05, 0.1) is 22.7 Å². The van der Waals surface area contributed by atoms with Gasteiger partial charge in [-0.2, -0.15) is 0 Å². The van der Waals surface area contributed by atoms with E-state index in [9.17, 15) is 0 Å². The summed E-state index contributed by atoms with van der Waals surface area (Å²) in [6, 6.07) is 117. The molecule has 0 atom stereocenters. The van der Waals surface area contributed by atoms with Crippen LogP contribution in [0.4, 0.5) is 45.5 Å². The van der Waals surface area contributed by atoms with Gasteiger partial charge in [0.1, 0.15) is 0 Å². The van der Waals surface area contributed by atoms with Gasteiger partial charge in [-0.1, -0.05) is 267 Å². The minimum atomic E-state index is -1.33. The molecule has 14 aromatic carbocycles. The molecule has 81 heavy (non-hydrogen) atoms. The van der Waals surface area contributed by atoms with Gasteiger partial charge in [-0.25, -0.2) is 0 Å². The lowest BCUT2D eigenvalue weighted by molar-refractivity contribution is 0.481. The lowest BCUT2D eigenvalue weighted by atomic mass is 9.97. The summed E-state index contributed by atoms with van der Waals surface area (Å²) in [6.45, 7) is 0. The molecule has 4 nitrogen and oxygen atoms in total. The van der Waals surface area contributed by atoms with Gasteiger partial charge in [0.15, 0.2) is 0 Å². The van der Waals surface area contributed by atoms with Gasteiger partial charge in [-0.05, 0) is 115 Å². The highest BCUT2D eigenvalue weighted by molar-refractivity contribution is 6.28. The van der Waals surface area contributed by atoms with E-state index in [2.05, 4.69) is 335 Å². The van der Waals surface area contributed by atoms with Gasteiger partial charge in [0.25, 0.3) is 5.91 Å². The summed E-state index contributed by atoms with van der Waals surface area (Å²) < 4.78 is 0. The van der Waals surface area contributed by atoms with Crippen LogP contribution in [0.25, 0.3) is 87.6 Å². The number of hydrogen-bond donors (Lipinski definition) is 0. The largest absolute Gasteiger partial charge is 0.295 e. The molecule has 0 saturated heterocycles. The highest BCUT2D eigenvalue weighted by Crippen LogP contribution is 2.69. The van der Waals surface area contributed by atoms with E-state index in [0.717, 1.165) is 112 Å². The van der Waals surface area contributed by atoms with E-state index in [1.165, 1.54) is 21.5 Å². The van der Waals surface area contributed by atoms with Crippen LogP contribution in [0.5, 0.6) is 0 Å². The molecule has 2 heterocycles. The zero-order valence-corrected chi connectivity index (χ0v) is 44.3. The Hall–Kier alpha value is -10.7. The van der Waals surface area contributed by atoms with Crippen molar-refractivity contribution in [3.05, 3.63) is 315 Å². The third kappa shape index (κ3) is 7.17. The maximum atomic E-state index is 2.71. The number of hydrogen-bond acceptors (Lipinski definition) is 4. The van der Waals surface area contributed by atoms with Gasteiger partial charge >= 0.3 is 0 Å². The molecule has 0 N–H and O–H groups in total. The quantitative estimate of drug-likeness (QED) is 0.141. The molecule has 1 spiro atoms. The monoisotopic (exact) mass is 1030 g/mol. The first-order valence-corrected chi connectivity index (χ1v) is 27.9. The lowest BCUT2D eigenvalue weighted by Gasteiger charge is -2.53. The molecule has 2 aliphatic heterocycles. The summed E-state index contributed by atoms with van der Waals surface area (Å²) in [5.41, 5.74) is 17.7. The summed E-state index contributed by atoms with van der Waals surface area (Å²) in [5, 5.41) is 9.36. The first-order valence-electron chi connectivity index (χ1n) is 27.9. The number of fused-ring (bicyclic) bond motifs is 12. The maximum absolute atomic E-state index is 2.71. The average Bonchev–Trinajstić information content (AvgIpc) is 1.86. The van der Waals surface area contributed by atoms with Crippen molar-refractivity contribution in [1.82, 2.24) is 0 Å². The van der Waals surface area contributed by atoms with Crippen LogP contribution >= 0.6 is 0 Å². The smallest absolute Gasteiger partial charge is 0.279 e. The van der Waals surface area contributed by atoms with E-state index in [1.54, 1.807) is 0 Å². The zero-order chi connectivity index (χ0) is 53.4. The van der Waals surface area contributed by atoms with Crippen molar-refractivity contribution >= 4 is 88.6 Å². The second kappa shape index (κ2) is 18.8. The van der Waals surface area contributed by atoms with Gasteiger partial charge < -0.3 is 0 Å². The first-order chi connectivity index (χ1) is 40.2. The molecule has 0 fully saturated rings. The molecule has 14 aromatic rings. The Morgan fingerprint density at radius 1 is 0.160 bits per heavy atom. The molecule has 0 amide bonds. The minimum absolute atomic E-state index is 1.04. The Morgan fingerprint density at radius 3 is 0.568 bits per heavy atom. The van der Waals surface area contributed by atoms with Crippen LogP contribution in [0.1, 0.15) is 0 Å². The highest BCUT2D eigenvalue weighted by Gasteiger charge is 2.66. The molecule has 0 aliphatic carbocycles. The van der Waals surface area contributed by atoms with Crippen molar-refractivity contribution in [2.75, 3.05) is 19.6 Å². The van der Waals surface area contributed by atoms with E-state index in [4.69, 9.17) is 0 Å². The molecule has 380 valence electrons. The lowest BCUT2D eigenvalue weighted by Crippen LogP contribution is -2.70. The van der Waals surface area contributed by atoms with Crippen molar-refractivity contribution in [3.63, 3.8) is 0 Å². The molecular weight excluding hydrogens is 981 g/mol. The minimum Gasteiger partial charge on any atom is -0.279 e. The van der Waals surface area contributed by atoms with Crippen molar-refractivity contribution < 1.29 is 0 Å². The van der Waals surface area contributed by atoms with Gasteiger partial charge in [-0.15, -0.1) is 0 Å². The van der Waals surface area contributed by atoms with Crippen molar-refractivity contribution in [2.24, 2.45) is 0 Å². The van der Waals surface area contributed by atoms with Crippen LogP contribution in [0.2, 0.25) is 0 Å². The predicted molar refractivity (Wildman–Crippen MR) is 342 cm³/mol. The summed E-state index contributed by atoms with van der Waals surface area (Å²) in [5.74, 6) is -1.33.